The predicted octanol–water partition coefficient (Wildman–Crippen LogP) is 3.98. The highest BCUT2D eigenvalue weighted by Gasteiger charge is 2.11. The molecule has 0 aliphatic carbocycles. The van der Waals surface area contributed by atoms with E-state index in [0.717, 1.165) is 44.0 Å². The minimum absolute atomic E-state index is 0.0306. The second kappa shape index (κ2) is 7.93. The summed E-state index contributed by atoms with van der Waals surface area (Å²) < 4.78 is 5.37. The molecule has 1 aliphatic rings. The Kier molecular flexibility index (Phi) is 5.44. The fourth-order valence-electron chi connectivity index (χ4n) is 2.79. The number of ether oxygens (including phenoxy) is 1. The van der Waals surface area contributed by atoms with Gasteiger partial charge >= 0.3 is 0 Å². The fourth-order valence-corrected chi connectivity index (χ4v) is 2.79. The van der Waals surface area contributed by atoms with Crippen molar-refractivity contribution in [1.29, 1.82) is 0 Å². The number of aryl methyl sites for hydroxylation is 1. The largest absolute Gasteiger partial charge is 0.378 e. The number of nitrogens with zero attached hydrogens (tertiary/aromatic N) is 1. The van der Waals surface area contributed by atoms with Gasteiger partial charge < -0.3 is 9.64 Å². The summed E-state index contributed by atoms with van der Waals surface area (Å²) in [6.45, 7) is 5.47. The molecule has 0 atom stereocenters. The van der Waals surface area contributed by atoms with Gasteiger partial charge in [-0.15, -0.1) is 0 Å². The SMILES string of the molecule is CCc1ccc(C=CC(=O)c2ccc(N3CCOCC3)cc2)cc1. The number of morpholine rings is 1. The second-order valence-electron chi connectivity index (χ2n) is 5.94. The van der Waals surface area contributed by atoms with Crippen LogP contribution in [0, 0.1) is 0 Å². The Hall–Kier alpha value is -2.39. The van der Waals surface area contributed by atoms with Crippen LogP contribution in [0.2, 0.25) is 0 Å². The number of anilines is 1. The molecule has 124 valence electrons. The topological polar surface area (TPSA) is 29.5 Å². The lowest BCUT2D eigenvalue weighted by atomic mass is 10.1. The lowest BCUT2D eigenvalue weighted by Crippen LogP contribution is -2.36. The molecule has 0 radical (unpaired) electrons. The highest BCUT2D eigenvalue weighted by Crippen LogP contribution is 2.17. The maximum absolute atomic E-state index is 12.3. The van der Waals surface area contributed by atoms with Gasteiger partial charge in [0, 0.05) is 24.3 Å². The highest BCUT2D eigenvalue weighted by molar-refractivity contribution is 6.06. The maximum atomic E-state index is 12.3. The van der Waals surface area contributed by atoms with Crippen molar-refractivity contribution in [1.82, 2.24) is 0 Å². The lowest BCUT2D eigenvalue weighted by Gasteiger charge is -2.28. The summed E-state index contributed by atoms with van der Waals surface area (Å²) >= 11 is 0. The number of hydrogen-bond donors (Lipinski definition) is 0. The van der Waals surface area contributed by atoms with E-state index >= 15 is 0 Å². The quantitative estimate of drug-likeness (QED) is 0.616. The van der Waals surface area contributed by atoms with Gasteiger partial charge in [-0.05, 0) is 47.9 Å². The second-order valence-corrected chi connectivity index (χ2v) is 5.94. The van der Waals surface area contributed by atoms with Gasteiger partial charge in [0.2, 0.25) is 0 Å². The molecule has 24 heavy (non-hydrogen) atoms. The van der Waals surface area contributed by atoms with Crippen LogP contribution in [0.1, 0.15) is 28.4 Å². The third kappa shape index (κ3) is 4.12. The van der Waals surface area contributed by atoms with E-state index in [4.69, 9.17) is 4.74 Å². The van der Waals surface area contributed by atoms with Crippen LogP contribution in [-0.4, -0.2) is 32.1 Å². The molecule has 1 saturated heterocycles. The Labute approximate surface area is 143 Å². The third-order valence-electron chi connectivity index (χ3n) is 4.34. The van der Waals surface area contributed by atoms with Crippen molar-refractivity contribution >= 4 is 17.5 Å². The lowest BCUT2D eigenvalue weighted by molar-refractivity contribution is 0.104. The molecular weight excluding hydrogens is 298 g/mol. The summed E-state index contributed by atoms with van der Waals surface area (Å²) in [6.07, 6.45) is 4.54. The molecular formula is C21H23NO2. The van der Waals surface area contributed by atoms with Crippen LogP contribution in [0.5, 0.6) is 0 Å². The van der Waals surface area contributed by atoms with Crippen molar-refractivity contribution in [3.63, 3.8) is 0 Å². The number of carbonyl (C=O) groups excluding carboxylic acids is 1. The van der Waals surface area contributed by atoms with Crippen LogP contribution in [0.25, 0.3) is 6.08 Å². The van der Waals surface area contributed by atoms with Crippen molar-refractivity contribution in [2.75, 3.05) is 31.2 Å². The predicted molar refractivity (Wildman–Crippen MR) is 98.7 cm³/mol. The molecule has 1 heterocycles. The fraction of sp³-hybridized carbons (Fsp3) is 0.286. The van der Waals surface area contributed by atoms with E-state index in [2.05, 4.69) is 24.0 Å². The Bertz CT molecular complexity index is 696. The number of allylic oxidation sites excluding steroid dienone is 1. The normalized spacial score (nSPS) is 15.0. The molecule has 3 nitrogen and oxygen atoms in total. The number of rotatable bonds is 5. The average molecular weight is 321 g/mol. The molecule has 0 saturated carbocycles. The monoisotopic (exact) mass is 321 g/mol. The summed E-state index contributed by atoms with van der Waals surface area (Å²) in [7, 11) is 0. The molecule has 1 aliphatic heterocycles. The minimum atomic E-state index is 0.0306. The zero-order chi connectivity index (χ0) is 16.8. The molecule has 3 heteroatoms. The van der Waals surface area contributed by atoms with Gasteiger partial charge in [0.15, 0.2) is 5.78 Å². The van der Waals surface area contributed by atoms with Crippen molar-refractivity contribution in [2.24, 2.45) is 0 Å². The van der Waals surface area contributed by atoms with Crippen LogP contribution in [0.4, 0.5) is 5.69 Å². The molecule has 0 amide bonds. The van der Waals surface area contributed by atoms with Crippen molar-refractivity contribution in [3.8, 4) is 0 Å². The van der Waals surface area contributed by atoms with Gasteiger partial charge in [-0.1, -0.05) is 37.3 Å². The summed E-state index contributed by atoms with van der Waals surface area (Å²) in [5.41, 5.74) is 4.21. The maximum Gasteiger partial charge on any atom is 0.185 e. The molecule has 0 aromatic heterocycles. The summed E-state index contributed by atoms with van der Waals surface area (Å²) in [5, 5.41) is 0. The van der Waals surface area contributed by atoms with Gasteiger partial charge in [-0.2, -0.15) is 0 Å². The molecule has 1 fully saturated rings. The minimum Gasteiger partial charge on any atom is -0.378 e. The van der Waals surface area contributed by atoms with Gasteiger partial charge in [-0.3, -0.25) is 4.79 Å². The van der Waals surface area contributed by atoms with Crippen LogP contribution < -0.4 is 4.90 Å². The molecule has 0 N–H and O–H groups in total. The molecule has 2 aromatic rings. The average Bonchev–Trinajstić information content (AvgIpc) is 2.67. The molecule has 0 unspecified atom stereocenters. The first-order valence-electron chi connectivity index (χ1n) is 8.50. The Balaban J connectivity index is 1.64. The molecule has 0 bridgehead atoms. The molecule has 0 spiro atoms. The van der Waals surface area contributed by atoms with Crippen LogP contribution in [0.15, 0.2) is 54.6 Å². The first kappa shape index (κ1) is 16.5. The van der Waals surface area contributed by atoms with Crippen molar-refractivity contribution in [2.45, 2.75) is 13.3 Å². The zero-order valence-electron chi connectivity index (χ0n) is 14.1. The molecule has 3 rings (SSSR count). The van der Waals surface area contributed by atoms with Crippen molar-refractivity contribution < 1.29 is 9.53 Å². The summed E-state index contributed by atoms with van der Waals surface area (Å²) in [6, 6.07) is 16.1. The number of benzene rings is 2. The standard InChI is InChI=1S/C21H23NO2/c1-2-17-3-5-18(6-4-17)7-12-21(23)19-8-10-20(11-9-19)22-13-15-24-16-14-22/h3-12H,2,13-16H2,1H3. The van der Waals surface area contributed by atoms with Crippen LogP contribution in [-0.2, 0) is 11.2 Å². The summed E-state index contributed by atoms with van der Waals surface area (Å²) in [4.78, 5) is 14.6. The number of hydrogen-bond acceptors (Lipinski definition) is 3. The third-order valence-corrected chi connectivity index (χ3v) is 4.34. The van der Waals surface area contributed by atoms with Crippen molar-refractivity contribution in [3.05, 3.63) is 71.3 Å². The van der Waals surface area contributed by atoms with E-state index in [0.29, 0.717) is 5.56 Å². The van der Waals surface area contributed by atoms with Gasteiger partial charge in [0.25, 0.3) is 0 Å². The van der Waals surface area contributed by atoms with E-state index in [1.165, 1.54) is 5.56 Å². The van der Waals surface area contributed by atoms with Gasteiger partial charge in [0.05, 0.1) is 13.2 Å². The van der Waals surface area contributed by atoms with E-state index in [9.17, 15) is 4.79 Å². The molecule has 2 aromatic carbocycles. The van der Waals surface area contributed by atoms with Gasteiger partial charge in [-0.25, -0.2) is 0 Å². The van der Waals surface area contributed by atoms with E-state index in [-0.39, 0.29) is 5.78 Å². The Morgan fingerprint density at radius 3 is 2.33 bits per heavy atom. The zero-order valence-corrected chi connectivity index (χ0v) is 14.1. The van der Waals surface area contributed by atoms with Crippen LogP contribution in [0.3, 0.4) is 0 Å². The van der Waals surface area contributed by atoms with Gasteiger partial charge in [0.1, 0.15) is 0 Å². The Morgan fingerprint density at radius 1 is 1.04 bits per heavy atom. The highest BCUT2D eigenvalue weighted by atomic mass is 16.5. The Morgan fingerprint density at radius 2 is 1.71 bits per heavy atom. The first-order chi connectivity index (χ1) is 11.8. The number of carbonyl (C=O) groups is 1. The summed E-state index contributed by atoms with van der Waals surface area (Å²) in [5.74, 6) is 0.0306. The van der Waals surface area contributed by atoms with E-state index < -0.39 is 0 Å². The first-order valence-corrected chi connectivity index (χ1v) is 8.50. The smallest absolute Gasteiger partial charge is 0.185 e. The number of ketones is 1. The van der Waals surface area contributed by atoms with E-state index in [1.54, 1.807) is 6.08 Å². The van der Waals surface area contributed by atoms with E-state index in [1.807, 2.05) is 42.5 Å². The van der Waals surface area contributed by atoms with Crippen LogP contribution >= 0.6 is 0 Å².